The number of fused-ring (bicyclic) bond motifs is 3. The van der Waals surface area contributed by atoms with Gasteiger partial charge in [-0.3, -0.25) is 0 Å². The number of halogens is 1. The number of nitrogens with one attached hydrogen (secondary N) is 2. The summed E-state index contributed by atoms with van der Waals surface area (Å²) in [7, 11) is -1.80. The molecule has 6 nitrogen and oxygen atoms in total. The Morgan fingerprint density at radius 1 is 1.26 bits per heavy atom. The van der Waals surface area contributed by atoms with Gasteiger partial charge >= 0.3 is 0 Å². The molecule has 2 unspecified atom stereocenters. The van der Waals surface area contributed by atoms with E-state index in [9.17, 15) is 8.42 Å². The van der Waals surface area contributed by atoms with Crippen LogP contribution in [0.25, 0.3) is 11.0 Å². The van der Waals surface area contributed by atoms with Gasteiger partial charge in [0.05, 0.1) is 0 Å². The lowest BCUT2D eigenvalue weighted by Gasteiger charge is -2.34. The molecule has 8 heteroatoms. The monoisotopic (exact) mass is 356 g/mol. The van der Waals surface area contributed by atoms with E-state index in [-0.39, 0.29) is 18.4 Å². The molecule has 2 atom stereocenters. The van der Waals surface area contributed by atoms with Crippen molar-refractivity contribution < 1.29 is 8.42 Å². The zero-order valence-corrected chi connectivity index (χ0v) is 14.5. The van der Waals surface area contributed by atoms with Crippen molar-refractivity contribution in [2.24, 2.45) is 0 Å². The third-order valence-corrected chi connectivity index (χ3v) is 6.98. The molecule has 2 aliphatic rings. The molecular weight excluding hydrogens is 336 g/mol. The Bertz CT molecular complexity index is 795. The molecule has 0 aromatic carbocycles. The summed E-state index contributed by atoms with van der Waals surface area (Å²) in [6.07, 6.45) is 7.32. The topological polar surface area (TPSA) is 78.1 Å². The highest BCUT2D eigenvalue weighted by molar-refractivity contribution is 7.89. The fourth-order valence-corrected chi connectivity index (χ4v) is 5.35. The van der Waals surface area contributed by atoms with Crippen molar-refractivity contribution in [1.82, 2.24) is 19.6 Å². The van der Waals surface area contributed by atoms with E-state index in [0.29, 0.717) is 28.0 Å². The number of aromatic amines is 1. The summed E-state index contributed by atoms with van der Waals surface area (Å²) in [5.41, 5.74) is 0.611. The van der Waals surface area contributed by atoms with E-state index in [2.05, 4.69) is 15.3 Å². The molecule has 0 radical (unpaired) electrons. The first kappa shape index (κ1) is 16.7. The lowest BCUT2D eigenvalue weighted by Crippen LogP contribution is -2.48. The van der Waals surface area contributed by atoms with Crippen LogP contribution in [0.2, 0.25) is 0 Å². The molecule has 2 aromatic rings. The van der Waals surface area contributed by atoms with Gasteiger partial charge in [-0.2, -0.15) is 4.31 Å². The SMILES string of the molecule is CN(C1CC2CCC(C1)N2)S(=O)(=O)c1c[nH]c2ncccc12.Cl. The lowest BCUT2D eigenvalue weighted by molar-refractivity contribution is 0.251. The van der Waals surface area contributed by atoms with Gasteiger partial charge in [-0.15, -0.1) is 12.4 Å². The number of hydrogen-bond donors (Lipinski definition) is 2. The van der Waals surface area contributed by atoms with Crippen LogP contribution in [0.1, 0.15) is 25.7 Å². The Morgan fingerprint density at radius 2 is 1.96 bits per heavy atom. The normalized spacial score (nSPS) is 27.3. The number of aromatic nitrogens is 2. The highest BCUT2D eigenvalue weighted by Gasteiger charge is 2.39. The summed E-state index contributed by atoms with van der Waals surface area (Å²) in [6.45, 7) is 0. The summed E-state index contributed by atoms with van der Waals surface area (Å²) in [5, 5.41) is 4.21. The maximum Gasteiger partial charge on any atom is 0.245 e. The Kier molecular flexibility index (Phi) is 4.39. The van der Waals surface area contributed by atoms with E-state index < -0.39 is 10.0 Å². The Hall–Kier alpha value is -1.15. The van der Waals surface area contributed by atoms with Crippen LogP contribution in [-0.2, 0) is 10.0 Å². The molecule has 23 heavy (non-hydrogen) atoms. The standard InChI is InChI=1S/C15H20N4O2S.ClH/c1-19(12-7-10-4-5-11(8-12)18-10)22(20,21)14-9-17-15-13(14)3-2-6-16-15;/h2-3,6,9-12,18H,4-5,7-8H2,1H3,(H,16,17);1H. The van der Waals surface area contributed by atoms with E-state index in [1.54, 1.807) is 35.9 Å². The number of hydrogen-bond acceptors (Lipinski definition) is 4. The van der Waals surface area contributed by atoms with Crippen LogP contribution in [0.5, 0.6) is 0 Å². The third kappa shape index (κ3) is 2.76. The van der Waals surface area contributed by atoms with Gasteiger partial charge in [0.15, 0.2) is 0 Å². The van der Waals surface area contributed by atoms with E-state index in [1.165, 1.54) is 0 Å². The summed E-state index contributed by atoms with van der Waals surface area (Å²) in [6, 6.07) is 4.56. The van der Waals surface area contributed by atoms with Crippen molar-refractivity contribution in [1.29, 1.82) is 0 Å². The number of pyridine rings is 1. The fourth-order valence-electron chi connectivity index (χ4n) is 3.82. The highest BCUT2D eigenvalue weighted by Crippen LogP contribution is 2.33. The molecule has 2 bridgehead atoms. The van der Waals surface area contributed by atoms with Crippen molar-refractivity contribution >= 4 is 33.5 Å². The average molecular weight is 357 g/mol. The number of piperidine rings is 1. The van der Waals surface area contributed by atoms with E-state index in [0.717, 1.165) is 25.7 Å². The lowest BCUT2D eigenvalue weighted by atomic mass is 10.0. The molecule has 0 amide bonds. The van der Waals surface area contributed by atoms with Gasteiger partial charge in [0, 0.05) is 43.0 Å². The molecule has 0 saturated carbocycles. The van der Waals surface area contributed by atoms with Crippen LogP contribution in [-0.4, -0.2) is 47.9 Å². The van der Waals surface area contributed by atoms with Crippen molar-refractivity contribution in [2.75, 3.05) is 7.05 Å². The Morgan fingerprint density at radius 3 is 2.65 bits per heavy atom. The largest absolute Gasteiger partial charge is 0.345 e. The van der Waals surface area contributed by atoms with Crippen molar-refractivity contribution in [3.8, 4) is 0 Å². The highest BCUT2D eigenvalue weighted by atomic mass is 35.5. The zero-order valence-electron chi connectivity index (χ0n) is 12.9. The summed E-state index contributed by atoms with van der Waals surface area (Å²) >= 11 is 0. The number of H-pyrrole nitrogens is 1. The molecule has 2 N–H and O–H groups in total. The second-order valence-corrected chi connectivity index (χ2v) is 8.30. The average Bonchev–Trinajstić information content (AvgIpc) is 3.10. The Labute approximate surface area is 142 Å². The zero-order chi connectivity index (χ0) is 15.3. The van der Waals surface area contributed by atoms with Crippen LogP contribution in [0.3, 0.4) is 0 Å². The van der Waals surface area contributed by atoms with Gasteiger partial charge in [0.25, 0.3) is 0 Å². The van der Waals surface area contributed by atoms with Crippen molar-refractivity contribution in [2.45, 2.75) is 48.7 Å². The van der Waals surface area contributed by atoms with E-state index >= 15 is 0 Å². The maximum atomic E-state index is 13.0. The summed E-state index contributed by atoms with van der Waals surface area (Å²) in [4.78, 5) is 7.45. The van der Waals surface area contributed by atoms with Crippen LogP contribution in [0, 0.1) is 0 Å². The van der Waals surface area contributed by atoms with Gasteiger partial charge < -0.3 is 10.3 Å². The van der Waals surface area contributed by atoms with Crippen LogP contribution in [0.15, 0.2) is 29.4 Å². The first-order valence-corrected chi connectivity index (χ1v) is 9.16. The van der Waals surface area contributed by atoms with Crippen LogP contribution < -0.4 is 5.32 Å². The van der Waals surface area contributed by atoms with Gasteiger partial charge in [-0.05, 0) is 37.8 Å². The van der Waals surface area contributed by atoms with Crippen LogP contribution in [0.4, 0.5) is 0 Å². The second-order valence-electron chi connectivity index (χ2n) is 6.34. The number of rotatable bonds is 3. The second kappa shape index (κ2) is 6.05. The van der Waals surface area contributed by atoms with E-state index in [4.69, 9.17) is 0 Å². The molecular formula is C15H21ClN4O2S. The predicted molar refractivity (Wildman–Crippen MR) is 91.3 cm³/mol. The van der Waals surface area contributed by atoms with Crippen LogP contribution >= 0.6 is 12.4 Å². The predicted octanol–water partition coefficient (Wildman–Crippen LogP) is 1.89. The molecule has 126 valence electrons. The number of sulfonamides is 1. The minimum absolute atomic E-state index is 0. The number of nitrogens with zero attached hydrogens (tertiary/aromatic N) is 2. The fraction of sp³-hybridized carbons (Fsp3) is 0.533. The van der Waals surface area contributed by atoms with Gasteiger partial charge in [-0.1, -0.05) is 0 Å². The molecule has 2 aromatic heterocycles. The third-order valence-electron chi connectivity index (χ3n) is 5.03. The quantitative estimate of drug-likeness (QED) is 0.880. The molecule has 2 fully saturated rings. The Balaban J connectivity index is 0.00000156. The molecule has 4 rings (SSSR count). The minimum atomic E-state index is -3.51. The molecule has 2 aliphatic heterocycles. The van der Waals surface area contributed by atoms with E-state index in [1.807, 2.05) is 0 Å². The van der Waals surface area contributed by atoms with Crippen molar-refractivity contribution in [3.05, 3.63) is 24.5 Å². The summed E-state index contributed by atoms with van der Waals surface area (Å²) in [5.74, 6) is 0. The molecule has 0 spiro atoms. The van der Waals surface area contributed by atoms with Gasteiger partial charge in [0.2, 0.25) is 10.0 Å². The van der Waals surface area contributed by atoms with Gasteiger partial charge in [-0.25, -0.2) is 13.4 Å². The summed E-state index contributed by atoms with van der Waals surface area (Å²) < 4.78 is 27.6. The molecule has 2 saturated heterocycles. The smallest absolute Gasteiger partial charge is 0.245 e. The first-order chi connectivity index (χ1) is 10.6. The van der Waals surface area contributed by atoms with Crippen molar-refractivity contribution in [3.63, 3.8) is 0 Å². The maximum absolute atomic E-state index is 13.0. The minimum Gasteiger partial charge on any atom is -0.345 e. The molecule has 4 heterocycles. The van der Waals surface area contributed by atoms with Gasteiger partial charge in [0.1, 0.15) is 10.5 Å². The molecule has 0 aliphatic carbocycles. The first-order valence-electron chi connectivity index (χ1n) is 7.72.